The standard InChI is InChI=1S/C16H19N5O/c22-16(20-11-10-19-15-17-8-4-9-18-15)21-12-7-14(21)13-5-2-1-3-6-13/h1-6,8-9,14H,7,10-12H2,(H,20,22)(H,17,18,19)/t14-/m1/s1. The molecule has 22 heavy (non-hydrogen) atoms. The van der Waals surface area contributed by atoms with Gasteiger partial charge < -0.3 is 15.5 Å². The van der Waals surface area contributed by atoms with Crippen molar-refractivity contribution in [3.05, 3.63) is 54.4 Å². The zero-order chi connectivity index (χ0) is 15.2. The highest BCUT2D eigenvalue weighted by molar-refractivity contribution is 5.75. The molecule has 0 unspecified atom stereocenters. The Kier molecular flexibility index (Phi) is 4.48. The van der Waals surface area contributed by atoms with Gasteiger partial charge in [0.1, 0.15) is 0 Å². The molecule has 3 rings (SSSR count). The first-order chi connectivity index (χ1) is 10.8. The Labute approximate surface area is 129 Å². The Balaban J connectivity index is 1.43. The largest absolute Gasteiger partial charge is 0.352 e. The summed E-state index contributed by atoms with van der Waals surface area (Å²) in [7, 11) is 0. The SMILES string of the molecule is O=C(NCCNc1ncccn1)N1CC[C@@H]1c1ccccc1. The third kappa shape index (κ3) is 3.33. The van der Waals surface area contributed by atoms with E-state index in [0.717, 1.165) is 13.0 Å². The number of carbonyl (C=O) groups is 1. The average Bonchev–Trinajstić information content (AvgIpc) is 2.53. The zero-order valence-electron chi connectivity index (χ0n) is 12.3. The summed E-state index contributed by atoms with van der Waals surface area (Å²) in [5, 5.41) is 5.99. The molecule has 6 heteroatoms. The number of aromatic nitrogens is 2. The number of benzene rings is 1. The minimum absolute atomic E-state index is 0.0177. The van der Waals surface area contributed by atoms with Gasteiger partial charge in [0.15, 0.2) is 0 Å². The Morgan fingerprint density at radius 1 is 1.14 bits per heavy atom. The molecule has 2 amide bonds. The van der Waals surface area contributed by atoms with Crippen LogP contribution in [0.15, 0.2) is 48.8 Å². The monoisotopic (exact) mass is 297 g/mol. The molecule has 2 aromatic rings. The van der Waals surface area contributed by atoms with Crippen molar-refractivity contribution in [2.45, 2.75) is 12.5 Å². The van der Waals surface area contributed by atoms with Gasteiger partial charge in [0, 0.05) is 32.0 Å². The number of anilines is 1. The summed E-state index contributed by atoms with van der Waals surface area (Å²) >= 11 is 0. The number of amides is 2. The molecule has 1 aromatic heterocycles. The number of nitrogens with one attached hydrogen (secondary N) is 2. The lowest BCUT2D eigenvalue weighted by molar-refractivity contribution is 0.115. The van der Waals surface area contributed by atoms with Gasteiger partial charge >= 0.3 is 6.03 Å². The Morgan fingerprint density at radius 2 is 1.91 bits per heavy atom. The van der Waals surface area contributed by atoms with Crippen LogP contribution < -0.4 is 10.6 Å². The van der Waals surface area contributed by atoms with E-state index in [1.165, 1.54) is 5.56 Å². The third-order valence-corrected chi connectivity index (χ3v) is 3.71. The quantitative estimate of drug-likeness (QED) is 0.829. The summed E-state index contributed by atoms with van der Waals surface area (Å²) in [6.07, 6.45) is 4.38. The van der Waals surface area contributed by atoms with Crippen molar-refractivity contribution < 1.29 is 4.79 Å². The molecule has 0 saturated carbocycles. The van der Waals surface area contributed by atoms with E-state index in [-0.39, 0.29) is 12.1 Å². The maximum Gasteiger partial charge on any atom is 0.317 e. The van der Waals surface area contributed by atoms with Crippen LogP contribution in [0, 0.1) is 0 Å². The second kappa shape index (κ2) is 6.89. The summed E-state index contributed by atoms with van der Waals surface area (Å²) in [4.78, 5) is 22.2. The number of rotatable bonds is 5. The molecule has 2 heterocycles. The molecular formula is C16H19N5O. The molecule has 1 atom stereocenters. The summed E-state index contributed by atoms with van der Waals surface area (Å²) in [6, 6.07) is 12.1. The lowest BCUT2D eigenvalue weighted by atomic mass is 9.95. The van der Waals surface area contributed by atoms with Gasteiger partial charge in [-0.25, -0.2) is 14.8 Å². The van der Waals surface area contributed by atoms with Gasteiger partial charge in [-0.1, -0.05) is 30.3 Å². The van der Waals surface area contributed by atoms with Crippen LogP contribution in [-0.4, -0.2) is 40.5 Å². The van der Waals surface area contributed by atoms with E-state index in [4.69, 9.17) is 0 Å². The predicted octanol–water partition coefficient (Wildman–Crippen LogP) is 2.05. The number of urea groups is 1. The normalized spacial score (nSPS) is 16.7. The highest BCUT2D eigenvalue weighted by Crippen LogP contribution is 2.32. The molecular weight excluding hydrogens is 278 g/mol. The maximum absolute atomic E-state index is 12.2. The molecule has 1 fully saturated rings. The maximum atomic E-state index is 12.2. The summed E-state index contributed by atoms with van der Waals surface area (Å²) in [5.74, 6) is 0.572. The van der Waals surface area contributed by atoms with E-state index >= 15 is 0 Å². The van der Waals surface area contributed by atoms with Crippen molar-refractivity contribution in [2.24, 2.45) is 0 Å². The molecule has 1 saturated heterocycles. The number of nitrogens with zero attached hydrogens (tertiary/aromatic N) is 3. The Morgan fingerprint density at radius 3 is 2.59 bits per heavy atom. The van der Waals surface area contributed by atoms with Crippen molar-refractivity contribution in [3.63, 3.8) is 0 Å². The van der Waals surface area contributed by atoms with E-state index in [0.29, 0.717) is 19.0 Å². The highest BCUT2D eigenvalue weighted by Gasteiger charge is 2.32. The smallest absolute Gasteiger partial charge is 0.317 e. The van der Waals surface area contributed by atoms with Crippen LogP contribution in [-0.2, 0) is 0 Å². The first-order valence-corrected chi connectivity index (χ1v) is 7.45. The molecule has 1 aliphatic rings. The van der Waals surface area contributed by atoms with Crippen LogP contribution >= 0.6 is 0 Å². The Hall–Kier alpha value is -2.63. The number of hydrogen-bond acceptors (Lipinski definition) is 4. The highest BCUT2D eigenvalue weighted by atomic mass is 16.2. The van der Waals surface area contributed by atoms with Gasteiger partial charge in [-0.05, 0) is 18.1 Å². The van der Waals surface area contributed by atoms with Crippen LogP contribution in [0.25, 0.3) is 0 Å². The van der Waals surface area contributed by atoms with Crippen LogP contribution in [0.1, 0.15) is 18.0 Å². The molecule has 0 radical (unpaired) electrons. The van der Waals surface area contributed by atoms with Gasteiger partial charge in [-0.2, -0.15) is 0 Å². The number of likely N-dealkylation sites (tertiary alicyclic amines) is 1. The molecule has 0 spiro atoms. The van der Waals surface area contributed by atoms with Gasteiger partial charge in [-0.3, -0.25) is 0 Å². The van der Waals surface area contributed by atoms with E-state index in [9.17, 15) is 4.79 Å². The molecule has 1 aliphatic heterocycles. The van der Waals surface area contributed by atoms with Crippen molar-refractivity contribution >= 4 is 12.0 Å². The lowest BCUT2D eigenvalue weighted by Crippen LogP contribution is -2.50. The Bertz CT molecular complexity index is 604. The lowest BCUT2D eigenvalue weighted by Gasteiger charge is -2.41. The van der Waals surface area contributed by atoms with Gasteiger partial charge in [-0.15, -0.1) is 0 Å². The topological polar surface area (TPSA) is 70.1 Å². The number of carbonyl (C=O) groups excluding carboxylic acids is 1. The fraction of sp³-hybridized carbons (Fsp3) is 0.312. The van der Waals surface area contributed by atoms with Crippen LogP contribution in [0.3, 0.4) is 0 Å². The average molecular weight is 297 g/mol. The van der Waals surface area contributed by atoms with E-state index in [2.05, 4.69) is 32.7 Å². The van der Waals surface area contributed by atoms with E-state index in [1.807, 2.05) is 23.1 Å². The molecule has 1 aromatic carbocycles. The van der Waals surface area contributed by atoms with Crippen molar-refractivity contribution in [2.75, 3.05) is 25.0 Å². The fourth-order valence-corrected chi connectivity index (χ4v) is 2.49. The minimum atomic E-state index is -0.0177. The minimum Gasteiger partial charge on any atom is -0.352 e. The second-order valence-electron chi connectivity index (χ2n) is 5.14. The number of hydrogen-bond donors (Lipinski definition) is 2. The first-order valence-electron chi connectivity index (χ1n) is 7.45. The first kappa shape index (κ1) is 14.3. The van der Waals surface area contributed by atoms with Gasteiger partial charge in [0.2, 0.25) is 5.95 Å². The molecule has 0 aliphatic carbocycles. The van der Waals surface area contributed by atoms with Crippen LogP contribution in [0.2, 0.25) is 0 Å². The van der Waals surface area contributed by atoms with E-state index in [1.54, 1.807) is 18.5 Å². The van der Waals surface area contributed by atoms with Crippen molar-refractivity contribution in [1.82, 2.24) is 20.2 Å². The predicted molar refractivity (Wildman–Crippen MR) is 84.4 cm³/mol. The molecule has 2 N–H and O–H groups in total. The van der Waals surface area contributed by atoms with Crippen LogP contribution in [0.4, 0.5) is 10.7 Å². The summed E-state index contributed by atoms with van der Waals surface area (Å²) in [5.41, 5.74) is 1.19. The molecule has 0 bridgehead atoms. The van der Waals surface area contributed by atoms with Crippen molar-refractivity contribution in [1.29, 1.82) is 0 Å². The molecule has 6 nitrogen and oxygen atoms in total. The third-order valence-electron chi connectivity index (χ3n) is 3.71. The summed E-state index contributed by atoms with van der Waals surface area (Å²) in [6.45, 7) is 1.94. The van der Waals surface area contributed by atoms with Gasteiger partial charge in [0.05, 0.1) is 6.04 Å². The zero-order valence-corrected chi connectivity index (χ0v) is 12.3. The second-order valence-corrected chi connectivity index (χ2v) is 5.14. The van der Waals surface area contributed by atoms with Crippen LogP contribution in [0.5, 0.6) is 0 Å². The molecule has 114 valence electrons. The van der Waals surface area contributed by atoms with Gasteiger partial charge in [0.25, 0.3) is 0 Å². The summed E-state index contributed by atoms with van der Waals surface area (Å²) < 4.78 is 0. The van der Waals surface area contributed by atoms with E-state index < -0.39 is 0 Å². The van der Waals surface area contributed by atoms with Crippen molar-refractivity contribution in [3.8, 4) is 0 Å². The fourth-order valence-electron chi connectivity index (χ4n) is 2.49.